The molecule has 6 heteroatoms. The Hall–Kier alpha value is -1.43. The molecule has 0 bridgehead atoms. The highest BCUT2D eigenvalue weighted by Gasteiger charge is 2.06. The van der Waals surface area contributed by atoms with Crippen LogP contribution in [-0.4, -0.2) is 39.1 Å². The number of nitrogens with two attached hydrogens (primary N) is 1. The third-order valence-corrected chi connectivity index (χ3v) is 2.17. The average Bonchev–Trinajstić information content (AvgIpc) is 2.62. The maximum atomic E-state index is 7.13. The maximum Gasteiger partial charge on any atom is 0.140 e. The fourth-order valence-corrected chi connectivity index (χ4v) is 1.31. The summed E-state index contributed by atoms with van der Waals surface area (Å²) in [5, 5.41) is 11.2. The van der Waals surface area contributed by atoms with E-state index in [1.807, 2.05) is 18.7 Å². The Morgan fingerprint density at radius 2 is 2.40 bits per heavy atom. The minimum absolute atomic E-state index is 0.221. The van der Waals surface area contributed by atoms with Gasteiger partial charge in [0.25, 0.3) is 0 Å². The second-order valence-electron chi connectivity index (χ2n) is 3.51. The number of hydrogen-bond acceptors (Lipinski definition) is 4. The van der Waals surface area contributed by atoms with Crippen LogP contribution in [-0.2, 0) is 13.1 Å². The van der Waals surface area contributed by atoms with Crippen molar-refractivity contribution in [2.75, 3.05) is 13.6 Å². The van der Waals surface area contributed by atoms with Gasteiger partial charge in [0.2, 0.25) is 0 Å². The zero-order valence-electron chi connectivity index (χ0n) is 9.27. The Kier molecular flexibility index (Phi) is 4.23. The Balaban J connectivity index is 2.43. The monoisotopic (exact) mass is 210 g/mol. The molecule has 0 amide bonds. The van der Waals surface area contributed by atoms with E-state index in [1.54, 1.807) is 6.33 Å². The molecule has 15 heavy (non-hydrogen) atoms. The molecule has 84 valence electrons. The third kappa shape index (κ3) is 3.67. The smallest absolute Gasteiger partial charge is 0.140 e. The topological polar surface area (TPSA) is 83.8 Å². The van der Waals surface area contributed by atoms with E-state index in [2.05, 4.69) is 15.0 Å². The predicted octanol–water partition coefficient (Wildman–Crippen LogP) is 0.0559. The van der Waals surface area contributed by atoms with Crippen LogP contribution in [0.1, 0.15) is 19.2 Å². The van der Waals surface area contributed by atoms with Gasteiger partial charge in [0, 0.05) is 19.5 Å². The van der Waals surface area contributed by atoms with E-state index >= 15 is 0 Å². The second kappa shape index (κ2) is 5.45. The molecule has 6 nitrogen and oxygen atoms in total. The van der Waals surface area contributed by atoms with E-state index < -0.39 is 0 Å². The van der Waals surface area contributed by atoms with Gasteiger partial charge < -0.3 is 5.73 Å². The molecule has 0 unspecified atom stereocenters. The lowest BCUT2D eigenvalue weighted by molar-refractivity contribution is 0.319. The van der Waals surface area contributed by atoms with E-state index in [9.17, 15) is 0 Å². The molecule has 1 heterocycles. The standard InChI is InChI=1S/C9H18N6/c1-3-15-9(12-7-13-15)6-14(2)5-4-8(10)11/h7H,3-6H2,1-2H3,(H3,10,11). The number of hydrogen-bond donors (Lipinski definition) is 2. The molecule has 0 aliphatic heterocycles. The van der Waals surface area contributed by atoms with Crippen LogP contribution < -0.4 is 5.73 Å². The average molecular weight is 210 g/mol. The van der Waals surface area contributed by atoms with Gasteiger partial charge in [0.15, 0.2) is 0 Å². The lowest BCUT2D eigenvalue weighted by Gasteiger charge is -2.15. The van der Waals surface area contributed by atoms with Gasteiger partial charge in [0.05, 0.1) is 12.4 Å². The summed E-state index contributed by atoms with van der Waals surface area (Å²) < 4.78 is 1.87. The van der Waals surface area contributed by atoms with Crippen molar-refractivity contribution in [3.8, 4) is 0 Å². The molecule has 0 radical (unpaired) electrons. The van der Waals surface area contributed by atoms with Gasteiger partial charge in [-0.2, -0.15) is 5.10 Å². The van der Waals surface area contributed by atoms with E-state index in [-0.39, 0.29) is 5.84 Å². The second-order valence-corrected chi connectivity index (χ2v) is 3.51. The van der Waals surface area contributed by atoms with Crippen molar-refractivity contribution >= 4 is 5.84 Å². The van der Waals surface area contributed by atoms with Gasteiger partial charge in [0.1, 0.15) is 12.2 Å². The van der Waals surface area contributed by atoms with Crippen molar-refractivity contribution in [2.24, 2.45) is 5.73 Å². The molecule has 0 aliphatic rings. The van der Waals surface area contributed by atoms with Crippen LogP contribution >= 0.6 is 0 Å². The summed E-state index contributed by atoms with van der Waals surface area (Å²) in [6, 6.07) is 0. The van der Waals surface area contributed by atoms with Crippen molar-refractivity contribution in [3.63, 3.8) is 0 Å². The van der Waals surface area contributed by atoms with Gasteiger partial charge in [-0.25, -0.2) is 9.67 Å². The first-order valence-corrected chi connectivity index (χ1v) is 5.01. The highest BCUT2D eigenvalue weighted by molar-refractivity contribution is 5.76. The summed E-state index contributed by atoms with van der Waals surface area (Å²) in [4.78, 5) is 6.26. The summed E-state index contributed by atoms with van der Waals surface area (Å²) in [6.07, 6.45) is 2.16. The molecule has 0 spiro atoms. The van der Waals surface area contributed by atoms with Crippen molar-refractivity contribution < 1.29 is 0 Å². The Morgan fingerprint density at radius 3 is 3.00 bits per heavy atom. The molecule has 0 atom stereocenters. The fraction of sp³-hybridized carbons (Fsp3) is 0.667. The molecule has 1 aromatic heterocycles. The summed E-state index contributed by atoms with van der Waals surface area (Å²) in [6.45, 7) is 4.37. The van der Waals surface area contributed by atoms with Gasteiger partial charge in [-0.3, -0.25) is 10.3 Å². The Bertz CT molecular complexity index is 318. The maximum absolute atomic E-state index is 7.13. The Morgan fingerprint density at radius 1 is 1.67 bits per heavy atom. The first kappa shape index (κ1) is 11.6. The third-order valence-electron chi connectivity index (χ3n) is 2.17. The largest absolute Gasteiger partial charge is 0.388 e. The molecule has 0 aliphatic carbocycles. The molecule has 1 aromatic rings. The van der Waals surface area contributed by atoms with Crippen LogP contribution in [0.25, 0.3) is 0 Å². The lowest BCUT2D eigenvalue weighted by Crippen LogP contribution is -2.25. The zero-order valence-corrected chi connectivity index (χ0v) is 9.27. The minimum atomic E-state index is 0.221. The Labute approximate surface area is 89.6 Å². The molecular formula is C9H18N6. The predicted molar refractivity (Wildman–Crippen MR) is 58.6 cm³/mol. The number of aryl methyl sites for hydroxylation is 1. The van der Waals surface area contributed by atoms with Crippen LogP contribution in [0, 0.1) is 5.41 Å². The molecule has 3 N–H and O–H groups in total. The minimum Gasteiger partial charge on any atom is -0.388 e. The van der Waals surface area contributed by atoms with Crippen LogP contribution in [0.4, 0.5) is 0 Å². The quantitative estimate of drug-likeness (QED) is 0.513. The molecule has 0 saturated carbocycles. The molecular weight excluding hydrogens is 192 g/mol. The van der Waals surface area contributed by atoms with Gasteiger partial charge >= 0.3 is 0 Å². The van der Waals surface area contributed by atoms with Crippen LogP contribution in [0.15, 0.2) is 6.33 Å². The number of rotatable bonds is 6. The van der Waals surface area contributed by atoms with Crippen LogP contribution in [0.5, 0.6) is 0 Å². The molecule has 0 saturated heterocycles. The lowest BCUT2D eigenvalue weighted by atomic mass is 10.3. The summed E-state index contributed by atoms with van der Waals surface area (Å²) in [5.74, 6) is 1.17. The SMILES string of the molecule is CCn1ncnc1CN(C)CCC(=N)N. The van der Waals surface area contributed by atoms with Crippen molar-refractivity contribution in [1.29, 1.82) is 5.41 Å². The van der Waals surface area contributed by atoms with E-state index in [4.69, 9.17) is 11.1 Å². The van der Waals surface area contributed by atoms with Gasteiger partial charge in [-0.15, -0.1) is 0 Å². The number of nitrogens with one attached hydrogen (secondary N) is 1. The first-order valence-electron chi connectivity index (χ1n) is 5.01. The summed E-state index contributed by atoms with van der Waals surface area (Å²) in [7, 11) is 1.98. The van der Waals surface area contributed by atoms with Crippen molar-refractivity contribution in [3.05, 3.63) is 12.2 Å². The van der Waals surface area contributed by atoms with Crippen molar-refractivity contribution in [2.45, 2.75) is 26.4 Å². The van der Waals surface area contributed by atoms with Crippen LogP contribution in [0.2, 0.25) is 0 Å². The first-order chi connectivity index (χ1) is 7.13. The molecule has 0 aromatic carbocycles. The van der Waals surface area contributed by atoms with E-state index in [0.29, 0.717) is 6.42 Å². The van der Waals surface area contributed by atoms with Gasteiger partial charge in [-0.05, 0) is 14.0 Å². The molecule has 0 fully saturated rings. The van der Waals surface area contributed by atoms with Crippen LogP contribution in [0.3, 0.4) is 0 Å². The summed E-state index contributed by atoms with van der Waals surface area (Å²) in [5.41, 5.74) is 5.29. The normalized spacial score (nSPS) is 10.9. The van der Waals surface area contributed by atoms with E-state index in [0.717, 1.165) is 25.5 Å². The highest BCUT2D eigenvalue weighted by atomic mass is 15.3. The number of aromatic nitrogens is 3. The van der Waals surface area contributed by atoms with Crippen molar-refractivity contribution in [1.82, 2.24) is 19.7 Å². The number of nitrogens with zero attached hydrogens (tertiary/aromatic N) is 4. The summed E-state index contributed by atoms with van der Waals surface area (Å²) >= 11 is 0. The number of amidine groups is 1. The fourth-order valence-electron chi connectivity index (χ4n) is 1.31. The van der Waals surface area contributed by atoms with Gasteiger partial charge in [-0.1, -0.05) is 0 Å². The zero-order chi connectivity index (χ0) is 11.3. The van der Waals surface area contributed by atoms with E-state index in [1.165, 1.54) is 0 Å². The molecule has 1 rings (SSSR count). The highest BCUT2D eigenvalue weighted by Crippen LogP contribution is 1.99.